The second kappa shape index (κ2) is 5.72. The van der Waals surface area contributed by atoms with Gasteiger partial charge >= 0.3 is 0 Å². The van der Waals surface area contributed by atoms with Gasteiger partial charge in [-0.25, -0.2) is 0 Å². The average Bonchev–Trinajstić information content (AvgIpc) is 2.75. The summed E-state index contributed by atoms with van der Waals surface area (Å²) in [6, 6.07) is 5.25. The number of carbonyl (C=O) groups excluding carboxylic acids is 2. The van der Waals surface area contributed by atoms with Gasteiger partial charge in [-0.2, -0.15) is 0 Å². The Hall–Kier alpha value is -1.73. The van der Waals surface area contributed by atoms with Crippen LogP contribution in [0.15, 0.2) is 22.8 Å². The summed E-state index contributed by atoms with van der Waals surface area (Å²) in [4.78, 5) is 24.1. The van der Waals surface area contributed by atoms with E-state index in [0.717, 1.165) is 10.4 Å². The maximum atomic E-state index is 12.1. The van der Waals surface area contributed by atoms with E-state index in [1.807, 2.05) is 13.0 Å². The Morgan fingerprint density at radius 3 is 2.60 bits per heavy atom. The van der Waals surface area contributed by atoms with Crippen LogP contribution in [-0.2, 0) is 0 Å². The highest BCUT2D eigenvalue weighted by Crippen LogP contribution is 2.23. The Kier molecular flexibility index (Phi) is 4.20. The highest BCUT2D eigenvalue weighted by atomic mass is 79.9. The van der Waals surface area contributed by atoms with Crippen molar-refractivity contribution in [3.8, 4) is 0 Å². The van der Waals surface area contributed by atoms with E-state index < -0.39 is 11.8 Å². The van der Waals surface area contributed by atoms with E-state index >= 15 is 0 Å². The zero-order valence-corrected chi connectivity index (χ0v) is 13.0. The highest BCUT2D eigenvalue weighted by molar-refractivity contribution is 9.10. The van der Waals surface area contributed by atoms with Crippen LogP contribution >= 0.6 is 27.5 Å². The molecule has 0 aliphatic carbocycles. The van der Waals surface area contributed by atoms with Crippen molar-refractivity contribution in [1.29, 1.82) is 0 Å². The molecule has 1 amide bonds. The van der Waals surface area contributed by atoms with Crippen LogP contribution in [0, 0.1) is 6.92 Å². The van der Waals surface area contributed by atoms with Gasteiger partial charge < -0.3 is 5.32 Å². The molecular formula is C12H10BrClN4O2. The summed E-state index contributed by atoms with van der Waals surface area (Å²) >= 11 is 9.12. The number of aromatic nitrogens is 3. The summed E-state index contributed by atoms with van der Waals surface area (Å²) in [6.07, 6.45) is 0. The van der Waals surface area contributed by atoms with Gasteiger partial charge in [-0.15, -0.1) is 15.0 Å². The number of anilines is 1. The molecule has 20 heavy (non-hydrogen) atoms. The quantitative estimate of drug-likeness (QED) is 0.896. The SMILES string of the molecule is CC(=O)n1nc(Br)c(C(=O)Nc2ccc(C)cc2Cl)n1. The maximum absolute atomic E-state index is 12.1. The Labute approximate surface area is 128 Å². The molecule has 0 bridgehead atoms. The first-order valence-corrected chi connectivity index (χ1v) is 6.77. The molecule has 1 aromatic carbocycles. The molecule has 1 aromatic heterocycles. The number of benzene rings is 1. The first-order valence-electron chi connectivity index (χ1n) is 5.60. The largest absolute Gasteiger partial charge is 0.319 e. The van der Waals surface area contributed by atoms with Crippen LogP contribution < -0.4 is 5.32 Å². The lowest BCUT2D eigenvalue weighted by molar-refractivity contribution is 0.0902. The molecule has 2 aromatic rings. The van der Waals surface area contributed by atoms with Gasteiger partial charge in [0.05, 0.1) is 10.7 Å². The minimum Gasteiger partial charge on any atom is -0.319 e. The van der Waals surface area contributed by atoms with Crippen LogP contribution in [-0.4, -0.2) is 26.8 Å². The van der Waals surface area contributed by atoms with Crippen molar-refractivity contribution in [2.45, 2.75) is 13.8 Å². The van der Waals surface area contributed by atoms with Gasteiger partial charge in [0.1, 0.15) is 0 Å². The Balaban J connectivity index is 2.26. The van der Waals surface area contributed by atoms with Crippen molar-refractivity contribution in [2.75, 3.05) is 5.32 Å². The van der Waals surface area contributed by atoms with Crippen molar-refractivity contribution in [2.24, 2.45) is 0 Å². The molecule has 1 N–H and O–H groups in total. The van der Waals surface area contributed by atoms with Gasteiger partial charge in [0, 0.05) is 6.92 Å². The number of hydrogen-bond acceptors (Lipinski definition) is 4. The van der Waals surface area contributed by atoms with Gasteiger partial charge in [0.2, 0.25) is 0 Å². The summed E-state index contributed by atoms with van der Waals surface area (Å²) in [5.74, 6) is -0.895. The van der Waals surface area contributed by atoms with Crippen LogP contribution in [0.2, 0.25) is 5.02 Å². The molecule has 6 nitrogen and oxygen atoms in total. The molecule has 8 heteroatoms. The van der Waals surface area contributed by atoms with Crippen molar-refractivity contribution < 1.29 is 9.59 Å². The van der Waals surface area contributed by atoms with Crippen molar-refractivity contribution in [3.63, 3.8) is 0 Å². The van der Waals surface area contributed by atoms with Crippen LogP contribution in [0.4, 0.5) is 5.69 Å². The third-order valence-corrected chi connectivity index (χ3v) is 3.29. The Morgan fingerprint density at radius 1 is 1.35 bits per heavy atom. The Morgan fingerprint density at radius 2 is 2.05 bits per heavy atom. The lowest BCUT2D eigenvalue weighted by Crippen LogP contribution is -2.15. The molecule has 2 rings (SSSR count). The summed E-state index contributed by atoms with van der Waals surface area (Å²) in [5, 5.41) is 10.6. The van der Waals surface area contributed by atoms with Crippen molar-refractivity contribution >= 4 is 45.0 Å². The van der Waals surface area contributed by atoms with Crippen molar-refractivity contribution in [1.82, 2.24) is 15.0 Å². The number of amides is 1. The van der Waals surface area contributed by atoms with Crippen LogP contribution in [0.1, 0.15) is 27.8 Å². The maximum Gasteiger partial charge on any atom is 0.279 e. The Bertz CT molecular complexity index is 699. The lowest BCUT2D eigenvalue weighted by Gasteiger charge is -2.06. The fourth-order valence-corrected chi connectivity index (χ4v) is 2.16. The third-order valence-electron chi connectivity index (χ3n) is 2.44. The predicted molar refractivity (Wildman–Crippen MR) is 78.2 cm³/mol. The summed E-state index contributed by atoms with van der Waals surface area (Å²) in [5.41, 5.74) is 1.46. The van der Waals surface area contributed by atoms with E-state index in [1.54, 1.807) is 12.1 Å². The fourth-order valence-electron chi connectivity index (χ4n) is 1.47. The third kappa shape index (κ3) is 3.05. The zero-order chi connectivity index (χ0) is 14.9. The number of nitrogens with zero attached hydrogens (tertiary/aromatic N) is 3. The normalized spacial score (nSPS) is 10.4. The lowest BCUT2D eigenvalue weighted by atomic mass is 10.2. The first kappa shape index (κ1) is 14.7. The van der Waals surface area contributed by atoms with Gasteiger partial charge in [-0.1, -0.05) is 17.7 Å². The van der Waals surface area contributed by atoms with E-state index in [2.05, 4.69) is 31.4 Å². The van der Waals surface area contributed by atoms with Crippen molar-refractivity contribution in [3.05, 3.63) is 39.1 Å². The molecule has 0 aliphatic rings. The predicted octanol–water partition coefficient (Wildman–Crippen LogP) is 2.91. The van der Waals surface area contributed by atoms with E-state index in [0.29, 0.717) is 10.7 Å². The van der Waals surface area contributed by atoms with E-state index in [9.17, 15) is 9.59 Å². The standard InChI is InChI=1S/C12H10BrClN4O2/c1-6-3-4-9(8(14)5-6)15-12(20)10-11(13)17-18(16-10)7(2)19/h3-5H,1-2H3,(H,15,20). The smallest absolute Gasteiger partial charge is 0.279 e. The highest BCUT2D eigenvalue weighted by Gasteiger charge is 2.19. The fraction of sp³-hybridized carbons (Fsp3) is 0.167. The second-order valence-electron chi connectivity index (χ2n) is 4.09. The van der Waals surface area contributed by atoms with Gasteiger partial charge in [0.25, 0.3) is 11.8 Å². The van der Waals surface area contributed by atoms with Crippen LogP contribution in [0.25, 0.3) is 0 Å². The average molecular weight is 358 g/mol. The van der Waals surface area contributed by atoms with Crippen LogP contribution in [0.5, 0.6) is 0 Å². The molecule has 104 valence electrons. The number of carbonyl (C=O) groups is 2. The molecule has 0 atom stereocenters. The molecule has 0 saturated carbocycles. The van der Waals surface area contributed by atoms with E-state index in [-0.39, 0.29) is 10.3 Å². The molecule has 1 heterocycles. The second-order valence-corrected chi connectivity index (χ2v) is 5.24. The molecule has 0 aliphatic heterocycles. The minimum absolute atomic E-state index is 0.0110. The summed E-state index contributed by atoms with van der Waals surface area (Å²) in [6.45, 7) is 3.19. The topological polar surface area (TPSA) is 76.9 Å². The molecule has 0 saturated heterocycles. The number of aryl methyl sites for hydroxylation is 1. The first-order chi connectivity index (χ1) is 9.38. The van der Waals surface area contributed by atoms with Gasteiger partial charge in [-0.05, 0) is 40.5 Å². The number of rotatable bonds is 2. The van der Waals surface area contributed by atoms with Crippen LogP contribution in [0.3, 0.4) is 0 Å². The summed E-state index contributed by atoms with van der Waals surface area (Å²) in [7, 11) is 0. The van der Waals surface area contributed by atoms with E-state index in [1.165, 1.54) is 6.92 Å². The number of hydrogen-bond donors (Lipinski definition) is 1. The molecule has 0 radical (unpaired) electrons. The molecular weight excluding hydrogens is 348 g/mol. The van der Waals surface area contributed by atoms with E-state index in [4.69, 9.17) is 11.6 Å². The van der Waals surface area contributed by atoms with Gasteiger partial charge in [-0.3, -0.25) is 9.59 Å². The molecule has 0 fully saturated rings. The van der Waals surface area contributed by atoms with Gasteiger partial charge in [0.15, 0.2) is 10.3 Å². The molecule has 0 unspecified atom stereocenters. The molecule has 0 spiro atoms. The number of nitrogens with one attached hydrogen (secondary N) is 1. The minimum atomic E-state index is -0.505. The zero-order valence-electron chi connectivity index (χ0n) is 10.6. The summed E-state index contributed by atoms with van der Waals surface area (Å²) < 4.78 is 0.188. The number of halogens is 2. The monoisotopic (exact) mass is 356 g/mol.